The van der Waals surface area contributed by atoms with E-state index in [0.29, 0.717) is 13.2 Å². The molecule has 1 amide bonds. The molecule has 11 heteroatoms. The summed E-state index contributed by atoms with van der Waals surface area (Å²) in [6.45, 7) is 0.289. The fourth-order valence-electron chi connectivity index (χ4n) is 3.74. The van der Waals surface area contributed by atoms with Crippen molar-refractivity contribution in [1.29, 1.82) is 0 Å². The lowest BCUT2D eigenvalue weighted by Crippen LogP contribution is -2.41. The highest BCUT2D eigenvalue weighted by atomic mass is 19.1. The fourth-order valence-corrected chi connectivity index (χ4v) is 3.74. The normalized spacial score (nSPS) is 10.9. The van der Waals surface area contributed by atoms with E-state index in [1.54, 1.807) is 0 Å². The largest absolute Gasteiger partial charge is 0.493 e. The molecule has 0 saturated heterocycles. The number of aromatic nitrogens is 2. The van der Waals surface area contributed by atoms with Gasteiger partial charge in [-0.1, -0.05) is 0 Å². The van der Waals surface area contributed by atoms with E-state index in [1.165, 1.54) is 50.2 Å². The first-order chi connectivity index (χ1) is 17.3. The number of halogens is 1. The lowest BCUT2D eigenvalue weighted by atomic mass is 10.1. The van der Waals surface area contributed by atoms with Crippen molar-refractivity contribution in [2.45, 2.75) is 25.9 Å². The lowest BCUT2D eigenvalue weighted by Gasteiger charge is -2.16. The maximum Gasteiger partial charge on any atom is 0.331 e. The molecule has 3 aromatic rings. The summed E-state index contributed by atoms with van der Waals surface area (Å²) >= 11 is 0. The van der Waals surface area contributed by atoms with Gasteiger partial charge in [0.2, 0.25) is 5.91 Å². The first kappa shape index (κ1) is 26.6. The summed E-state index contributed by atoms with van der Waals surface area (Å²) in [4.78, 5) is 51.6. The summed E-state index contributed by atoms with van der Waals surface area (Å²) in [6.07, 6.45) is 0.312. The van der Waals surface area contributed by atoms with E-state index in [9.17, 15) is 23.6 Å². The monoisotopic (exact) mass is 501 g/mol. The number of carbonyl (C=O) groups is 2. The van der Waals surface area contributed by atoms with Crippen molar-refractivity contribution in [2.75, 3.05) is 34.5 Å². The van der Waals surface area contributed by atoms with Crippen LogP contribution in [0.4, 0.5) is 4.39 Å². The highest BCUT2D eigenvalue weighted by Crippen LogP contribution is 2.30. The zero-order valence-electron chi connectivity index (χ0n) is 20.3. The van der Waals surface area contributed by atoms with Crippen LogP contribution >= 0.6 is 0 Å². The molecule has 10 nitrogen and oxygen atoms in total. The zero-order valence-corrected chi connectivity index (χ0v) is 20.3. The molecule has 1 N–H and O–H groups in total. The summed E-state index contributed by atoms with van der Waals surface area (Å²) < 4.78 is 31.0. The molecular formula is C25H28FN3O7. The van der Waals surface area contributed by atoms with Gasteiger partial charge < -0.3 is 19.5 Å². The van der Waals surface area contributed by atoms with Crippen molar-refractivity contribution in [3.8, 4) is 11.5 Å². The summed E-state index contributed by atoms with van der Waals surface area (Å²) in [5.41, 5.74) is -0.898. The Kier molecular flexibility index (Phi) is 8.96. The third-order valence-corrected chi connectivity index (χ3v) is 5.61. The van der Waals surface area contributed by atoms with E-state index in [0.717, 1.165) is 16.7 Å². The lowest BCUT2D eigenvalue weighted by molar-refractivity contribution is -0.121. The van der Waals surface area contributed by atoms with Gasteiger partial charge in [0.25, 0.3) is 5.56 Å². The minimum absolute atomic E-state index is 0.0373. The van der Waals surface area contributed by atoms with E-state index in [2.05, 4.69) is 5.32 Å². The quantitative estimate of drug-likeness (QED) is 0.297. The smallest absolute Gasteiger partial charge is 0.331 e. The summed E-state index contributed by atoms with van der Waals surface area (Å²) in [5.74, 6) is -0.626. The van der Waals surface area contributed by atoms with Crippen molar-refractivity contribution < 1.29 is 28.2 Å². The second-order valence-corrected chi connectivity index (χ2v) is 7.93. The number of rotatable bonds is 12. The highest BCUT2D eigenvalue weighted by Gasteiger charge is 2.19. The Balaban J connectivity index is 2.02. The predicted octanol–water partition coefficient (Wildman–Crippen LogP) is 1.75. The van der Waals surface area contributed by atoms with E-state index in [-0.39, 0.29) is 53.3 Å². The number of hydrogen-bond acceptors (Lipinski definition) is 7. The first-order valence-corrected chi connectivity index (χ1v) is 11.2. The second-order valence-electron chi connectivity index (χ2n) is 7.93. The van der Waals surface area contributed by atoms with Crippen LogP contribution in [0.1, 0.15) is 23.2 Å². The van der Waals surface area contributed by atoms with Crippen LogP contribution in [0.5, 0.6) is 11.5 Å². The number of nitrogens with one attached hydrogen (secondary N) is 1. The van der Waals surface area contributed by atoms with Crippen LogP contribution in [-0.2, 0) is 22.6 Å². The Morgan fingerprint density at radius 2 is 1.64 bits per heavy atom. The average Bonchev–Trinajstić information content (AvgIpc) is 2.88. The van der Waals surface area contributed by atoms with Gasteiger partial charge in [0.05, 0.1) is 38.3 Å². The Labute approximate surface area is 206 Å². The molecule has 0 unspecified atom stereocenters. The van der Waals surface area contributed by atoms with Gasteiger partial charge in [0, 0.05) is 38.2 Å². The number of ketones is 1. The van der Waals surface area contributed by atoms with Crippen LogP contribution in [0.15, 0.2) is 46.0 Å². The number of ether oxygens (including phenoxy) is 3. The Morgan fingerprint density at radius 3 is 2.28 bits per heavy atom. The van der Waals surface area contributed by atoms with Gasteiger partial charge in [-0.25, -0.2) is 9.18 Å². The molecule has 0 saturated carbocycles. The molecule has 0 aliphatic heterocycles. The Hall–Kier alpha value is -3.99. The molecule has 0 bridgehead atoms. The van der Waals surface area contributed by atoms with E-state index < -0.39 is 29.4 Å². The maximum absolute atomic E-state index is 13.4. The van der Waals surface area contributed by atoms with Crippen LogP contribution in [-0.4, -0.2) is 55.3 Å². The molecule has 0 fully saturated rings. The maximum atomic E-state index is 13.4. The minimum atomic E-state index is -0.713. The van der Waals surface area contributed by atoms with Crippen LogP contribution in [0.3, 0.4) is 0 Å². The number of nitrogens with zero attached hydrogens (tertiary/aromatic N) is 2. The van der Waals surface area contributed by atoms with Crippen molar-refractivity contribution >= 4 is 22.6 Å². The number of benzene rings is 2. The standard InChI is InChI=1S/C25H28FN3O7/c1-34-12-10-27-23(31)5-4-11-28-24(32)18-13-21(35-2)22(36-3)14-19(18)29(25(28)33)15-20(30)16-6-8-17(26)9-7-16/h6-9,13-14H,4-5,10-12,15H2,1-3H3,(H,27,31). The van der Waals surface area contributed by atoms with Gasteiger partial charge in [-0.3, -0.25) is 23.5 Å². The molecular weight excluding hydrogens is 473 g/mol. The summed E-state index contributed by atoms with van der Waals surface area (Å²) in [7, 11) is 4.35. The number of methoxy groups -OCH3 is 3. The predicted molar refractivity (Wildman–Crippen MR) is 130 cm³/mol. The molecule has 0 atom stereocenters. The van der Waals surface area contributed by atoms with Gasteiger partial charge in [-0.15, -0.1) is 0 Å². The SMILES string of the molecule is COCCNC(=O)CCCn1c(=O)c2cc(OC)c(OC)cc2n(CC(=O)c2ccc(F)cc2)c1=O. The summed E-state index contributed by atoms with van der Waals surface area (Å²) in [6, 6.07) is 7.87. The van der Waals surface area contributed by atoms with Gasteiger partial charge in [0.1, 0.15) is 5.82 Å². The number of fused-ring (bicyclic) bond motifs is 1. The third kappa shape index (κ3) is 5.98. The van der Waals surface area contributed by atoms with Gasteiger partial charge >= 0.3 is 5.69 Å². The van der Waals surface area contributed by atoms with Crippen LogP contribution < -0.4 is 26.0 Å². The first-order valence-electron chi connectivity index (χ1n) is 11.2. The average molecular weight is 502 g/mol. The molecule has 192 valence electrons. The van der Waals surface area contributed by atoms with Gasteiger partial charge in [0.15, 0.2) is 17.3 Å². The molecule has 2 aromatic carbocycles. The minimum Gasteiger partial charge on any atom is -0.493 e. The Bertz CT molecular complexity index is 1360. The van der Waals surface area contributed by atoms with Crippen molar-refractivity contribution in [2.24, 2.45) is 0 Å². The van der Waals surface area contributed by atoms with E-state index in [1.807, 2.05) is 0 Å². The van der Waals surface area contributed by atoms with Crippen LogP contribution in [0.2, 0.25) is 0 Å². The Morgan fingerprint density at radius 1 is 0.972 bits per heavy atom. The second kappa shape index (κ2) is 12.1. The van der Waals surface area contributed by atoms with Crippen LogP contribution in [0.25, 0.3) is 10.9 Å². The van der Waals surface area contributed by atoms with Crippen LogP contribution in [0, 0.1) is 5.82 Å². The molecule has 1 heterocycles. The number of Topliss-reactive ketones (excluding diaryl/α,β-unsaturated/α-hetero) is 1. The van der Waals surface area contributed by atoms with E-state index >= 15 is 0 Å². The number of amides is 1. The third-order valence-electron chi connectivity index (χ3n) is 5.61. The molecule has 0 radical (unpaired) electrons. The molecule has 1 aromatic heterocycles. The van der Waals surface area contributed by atoms with Crippen molar-refractivity contribution in [3.05, 3.63) is 68.6 Å². The van der Waals surface area contributed by atoms with Gasteiger partial charge in [-0.2, -0.15) is 0 Å². The molecule has 36 heavy (non-hydrogen) atoms. The topological polar surface area (TPSA) is 118 Å². The highest BCUT2D eigenvalue weighted by molar-refractivity contribution is 5.96. The molecule has 0 aliphatic carbocycles. The number of carbonyl (C=O) groups excluding carboxylic acids is 2. The fraction of sp³-hybridized carbons (Fsp3) is 0.360. The van der Waals surface area contributed by atoms with Crippen molar-refractivity contribution in [3.63, 3.8) is 0 Å². The van der Waals surface area contributed by atoms with Crippen molar-refractivity contribution in [1.82, 2.24) is 14.5 Å². The summed E-state index contributed by atoms with van der Waals surface area (Å²) in [5, 5.41) is 2.82. The molecule has 3 rings (SSSR count). The zero-order chi connectivity index (χ0) is 26.2. The molecule has 0 aliphatic rings. The van der Waals surface area contributed by atoms with Gasteiger partial charge in [-0.05, 0) is 36.8 Å². The number of hydrogen-bond donors (Lipinski definition) is 1. The van der Waals surface area contributed by atoms with E-state index in [4.69, 9.17) is 14.2 Å². The molecule has 0 spiro atoms.